The van der Waals surface area contributed by atoms with Crippen LogP contribution in [0.5, 0.6) is 0 Å². The molecule has 0 aliphatic heterocycles. The Morgan fingerprint density at radius 2 is 1.67 bits per heavy atom. The maximum Gasteiger partial charge on any atom is 0.00999 e. The van der Waals surface area contributed by atoms with Gasteiger partial charge in [-0.1, -0.05) is 24.3 Å². The quantitative estimate of drug-likeness (QED) is 0.823. The molecular formula is C13H20ClN. The Hall–Kier alpha value is -0.530. The summed E-state index contributed by atoms with van der Waals surface area (Å²) in [5.41, 5.74) is 9.09. The zero-order chi connectivity index (χ0) is 10.2. The Balaban J connectivity index is 0.00000112. The van der Waals surface area contributed by atoms with Crippen molar-refractivity contribution >= 4 is 12.4 Å². The first-order valence-electron chi connectivity index (χ1n) is 5.40. The first-order valence-corrected chi connectivity index (χ1v) is 5.40. The van der Waals surface area contributed by atoms with Gasteiger partial charge in [-0.25, -0.2) is 0 Å². The molecule has 0 unspecified atom stereocenters. The van der Waals surface area contributed by atoms with Gasteiger partial charge in [0.05, 0.1) is 0 Å². The lowest BCUT2D eigenvalue weighted by molar-refractivity contribution is 0.371. The van der Waals surface area contributed by atoms with Gasteiger partial charge in [-0.15, -0.1) is 12.4 Å². The lowest BCUT2D eigenvalue weighted by Gasteiger charge is -2.22. The van der Waals surface area contributed by atoms with Crippen LogP contribution in [0.25, 0.3) is 0 Å². The van der Waals surface area contributed by atoms with Gasteiger partial charge in [-0.05, 0) is 50.2 Å². The van der Waals surface area contributed by atoms with Gasteiger partial charge in [-0.3, -0.25) is 0 Å². The van der Waals surface area contributed by atoms with Crippen LogP contribution in [0.1, 0.15) is 31.4 Å². The minimum atomic E-state index is -0.0211. The smallest absolute Gasteiger partial charge is 0.00999 e. The first kappa shape index (κ1) is 12.5. The highest BCUT2D eigenvalue weighted by Crippen LogP contribution is 2.30. The molecule has 1 aromatic rings. The molecule has 0 saturated carbocycles. The van der Waals surface area contributed by atoms with Crippen LogP contribution in [0.3, 0.4) is 0 Å². The largest absolute Gasteiger partial charge is 0.326 e. The molecule has 0 atom stereocenters. The second kappa shape index (κ2) is 4.54. The first-order chi connectivity index (χ1) is 6.54. The fraction of sp³-hybridized carbons (Fsp3) is 0.538. The van der Waals surface area contributed by atoms with Crippen LogP contribution in [0.4, 0.5) is 0 Å². The van der Waals surface area contributed by atoms with Gasteiger partial charge >= 0.3 is 0 Å². The third kappa shape index (κ3) is 3.22. The average molecular weight is 226 g/mol. The Labute approximate surface area is 98.5 Å². The van der Waals surface area contributed by atoms with Gasteiger partial charge in [0.15, 0.2) is 0 Å². The standard InChI is InChI=1S/C13H19N.ClH/c1-13(2,14)9-10-7-11-5-3-4-6-12(11)8-10;/h3-6,10H,7-9,14H2,1-2H3;1H. The summed E-state index contributed by atoms with van der Waals surface area (Å²) < 4.78 is 0. The zero-order valence-corrected chi connectivity index (χ0v) is 10.3. The van der Waals surface area contributed by atoms with E-state index in [1.54, 1.807) is 0 Å². The van der Waals surface area contributed by atoms with E-state index in [1.165, 1.54) is 24.0 Å². The van der Waals surface area contributed by atoms with Crippen LogP contribution in [-0.2, 0) is 12.8 Å². The SMILES string of the molecule is CC(C)(N)CC1Cc2ccccc2C1.Cl. The van der Waals surface area contributed by atoms with Crippen molar-refractivity contribution < 1.29 is 0 Å². The van der Waals surface area contributed by atoms with Crippen LogP contribution in [0.15, 0.2) is 24.3 Å². The molecule has 0 aromatic heterocycles. The van der Waals surface area contributed by atoms with Gasteiger partial charge in [0, 0.05) is 5.54 Å². The lowest BCUT2D eigenvalue weighted by atomic mass is 9.90. The summed E-state index contributed by atoms with van der Waals surface area (Å²) in [5.74, 6) is 0.757. The van der Waals surface area contributed by atoms with Gasteiger partial charge in [-0.2, -0.15) is 0 Å². The number of nitrogens with two attached hydrogens (primary N) is 1. The van der Waals surface area contributed by atoms with Crippen molar-refractivity contribution in [3.8, 4) is 0 Å². The third-order valence-corrected chi connectivity index (χ3v) is 2.95. The number of hydrogen-bond donors (Lipinski definition) is 1. The normalized spacial score (nSPS) is 15.9. The predicted molar refractivity (Wildman–Crippen MR) is 67.5 cm³/mol. The van der Waals surface area contributed by atoms with Gasteiger partial charge in [0.2, 0.25) is 0 Å². The lowest BCUT2D eigenvalue weighted by Crippen LogP contribution is -2.34. The number of fused-ring (bicyclic) bond motifs is 1. The second-order valence-corrected chi connectivity index (χ2v) is 5.24. The maximum absolute atomic E-state index is 6.05. The van der Waals surface area contributed by atoms with E-state index in [9.17, 15) is 0 Å². The monoisotopic (exact) mass is 225 g/mol. The van der Waals surface area contributed by atoms with Crippen LogP contribution >= 0.6 is 12.4 Å². The van der Waals surface area contributed by atoms with Crippen LogP contribution in [0.2, 0.25) is 0 Å². The van der Waals surface area contributed by atoms with Crippen LogP contribution < -0.4 is 5.73 Å². The van der Waals surface area contributed by atoms with Gasteiger partial charge < -0.3 is 5.73 Å². The zero-order valence-electron chi connectivity index (χ0n) is 9.49. The average Bonchev–Trinajstić information content (AvgIpc) is 2.42. The van der Waals surface area contributed by atoms with Crippen molar-refractivity contribution in [2.24, 2.45) is 11.7 Å². The molecule has 1 aromatic carbocycles. The van der Waals surface area contributed by atoms with Crippen molar-refractivity contribution in [1.82, 2.24) is 0 Å². The molecular weight excluding hydrogens is 206 g/mol. The fourth-order valence-corrected chi connectivity index (χ4v) is 2.54. The molecule has 1 aliphatic rings. The minimum Gasteiger partial charge on any atom is -0.326 e. The molecule has 0 heterocycles. The molecule has 0 spiro atoms. The fourth-order valence-electron chi connectivity index (χ4n) is 2.54. The Kier molecular flexibility index (Phi) is 3.80. The molecule has 0 radical (unpaired) electrons. The van der Waals surface area contributed by atoms with E-state index in [1.807, 2.05) is 0 Å². The van der Waals surface area contributed by atoms with E-state index < -0.39 is 0 Å². The molecule has 0 bridgehead atoms. The second-order valence-electron chi connectivity index (χ2n) is 5.24. The van der Waals surface area contributed by atoms with Crippen molar-refractivity contribution in [2.75, 3.05) is 0 Å². The summed E-state index contributed by atoms with van der Waals surface area (Å²) in [5, 5.41) is 0. The molecule has 2 N–H and O–H groups in total. The molecule has 1 aliphatic carbocycles. The van der Waals surface area contributed by atoms with E-state index in [4.69, 9.17) is 5.73 Å². The van der Waals surface area contributed by atoms with E-state index in [2.05, 4.69) is 38.1 Å². The summed E-state index contributed by atoms with van der Waals surface area (Å²) in [6.07, 6.45) is 3.56. The Bertz CT molecular complexity index is 303. The van der Waals surface area contributed by atoms with Crippen molar-refractivity contribution in [3.05, 3.63) is 35.4 Å². The number of halogens is 1. The number of hydrogen-bond acceptors (Lipinski definition) is 1. The molecule has 0 saturated heterocycles. The van der Waals surface area contributed by atoms with Crippen LogP contribution in [-0.4, -0.2) is 5.54 Å². The molecule has 15 heavy (non-hydrogen) atoms. The highest BCUT2D eigenvalue weighted by molar-refractivity contribution is 5.85. The topological polar surface area (TPSA) is 26.0 Å². The van der Waals surface area contributed by atoms with Crippen molar-refractivity contribution in [1.29, 1.82) is 0 Å². The third-order valence-electron chi connectivity index (χ3n) is 2.95. The summed E-state index contributed by atoms with van der Waals surface area (Å²) in [6.45, 7) is 4.24. The Morgan fingerprint density at radius 1 is 1.20 bits per heavy atom. The van der Waals surface area contributed by atoms with Crippen molar-refractivity contribution in [2.45, 2.75) is 38.6 Å². The van der Waals surface area contributed by atoms with Gasteiger partial charge in [0.1, 0.15) is 0 Å². The number of rotatable bonds is 2. The highest BCUT2D eigenvalue weighted by Gasteiger charge is 2.25. The Morgan fingerprint density at radius 3 is 2.07 bits per heavy atom. The van der Waals surface area contributed by atoms with Crippen molar-refractivity contribution in [3.63, 3.8) is 0 Å². The number of benzene rings is 1. The van der Waals surface area contributed by atoms with E-state index in [0.29, 0.717) is 0 Å². The van der Waals surface area contributed by atoms with Gasteiger partial charge in [0.25, 0.3) is 0 Å². The minimum absolute atomic E-state index is 0. The van der Waals surface area contributed by atoms with E-state index in [-0.39, 0.29) is 17.9 Å². The van der Waals surface area contributed by atoms with Crippen LogP contribution in [0, 0.1) is 5.92 Å². The molecule has 1 nitrogen and oxygen atoms in total. The summed E-state index contributed by atoms with van der Waals surface area (Å²) in [7, 11) is 0. The molecule has 2 rings (SSSR count). The summed E-state index contributed by atoms with van der Waals surface area (Å²) in [4.78, 5) is 0. The molecule has 2 heteroatoms. The van der Waals surface area contributed by atoms with E-state index >= 15 is 0 Å². The molecule has 84 valence electrons. The molecule has 0 amide bonds. The molecule has 0 fully saturated rings. The summed E-state index contributed by atoms with van der Waals surface area (Å²) in [6, 6.07) is 8.77. The van der Waals surface area contributed by atoms with E-state index in [0.717, 1.165) is 12.3 Å². The highest BCUT2D eigenvalue weighted by atomic mass is 35.5. The predicted octanol–water partition coefficient (Wildman–Crippen LogP) is 2.95. The maximum atomic E-state index is 6.05. The summed E-state index contributed by atoms with van der Waals surface area (Å²) >= 11 is 0.